The standard InChI is InChI=1S/C5H11NO5S/c1-4(5(7)10-2)3-11-12(6,8)9/h4H,3H2,1-2H3,(H2,6,8,9). The van der Waals surface area contributed by atoms with E-state index in [1.54, 1.807) is 0 Å². The van der Waals surface area contributed by atoms with Gasteiger partial charge >= 0.3 is 16.3 Å². The van der Waals surface area contributed by atoms with Crippen LogP contribution in [0.15, 0.2) is 0 Å². The predicted molar refractivity (Wildman–Crippen MR) is 40.2 cm³/mol. The maximum atomic E-state index is 10.7. The van der Waals surface area contributed by atoms with E-state index in [2.05, 4.69) is 14.1 Å². The van der Waals surface area contributed by atoms with E-state index in [1.165, 1.54) is 14.0 Å². The van der Waals surface area contributed by atoms with Crippen molar-refractivity contribution < 1.29 is 22.1 Å². The Labute approximate surface area is 70.9 Å². The zero-order chi connectivity index (χ0) is 9.78. The van der Waals surface area contributed by atoms with Crippen LogP contribution in [0.5, 0.6) is 0 Å². The Morgan fingerprint density at radius 2 is 2.08 bits per heavy atom. The molecule has 7 heteroatoms. The van der Waals surface area contributed by atoms with Gasteiger partial charge in [-0.15, -0.1) is 0 Å². The minimum Gasteiger partial charge on any atom is -0.469 e. The van der Waals surface area contributed by atoms with Crippen molar-refractivity contribution in [1.82, 2.24) is 0 Å². The number of rotatable bonds is 4. The van der Waals surface area contributed by atoms with E-state index in [0.717, 1.165) is 0 Å². The van der Waals surface area contributed by atoms with Gasteiger partial charge in [-0.3, -0.25) is 8.98 Å². The molecule has 0 aliphatic rings. The Morgan fingerprint density at radius 1 is 1.58 bits per heavy atom. The summed E-state index contributed by atoms with van der Waals surface area (Å²) in [5, 5.41) is 4.52. The number of esters is 1. The highest BCUT2D eigenvalue weighted by molar-refractivity contribution is 7.84. The van der Waals surface area contributed by atoms with Crippen LogP contribution >= 0.6 is 0 Å². The fraction of sp³-hybridized carbons (Fsp3) is 0.800. The largest absolute Gasteiger partial charge is 0.469 e. The van der Waals surface area contributed by atoms with Crippen molar-refractivity contribution in [3.8, 4) is 0 Å². The van der Waals surface area contributed by atoms with Gasteiger partial charge in [0.25, 0.3) is 0 Å². The molecule has 0 aromatic rings. The summed E-state index contributed by atoms with van der Waals surface area (Å²) >= 11 is 0. The smallest absolute Gasteiger partial charge is 0.333 e. The molecule has 1 atom stereocenters. The fourth-order valence-electron chi connectivity index (χ4n) is 0.466. The van der Waals surface area contributed by atoms with E-state index in [-0.39, 0.29) is 6.61 Å². The molecule has 0 fully saturated rings. The van der Waals surface area contributed by atoms with E-state index in [9.17, 15) is 13.2 Å². The first-order valence-corrected chi connectivity index (χ1v) is 4.59. The highest BCUT2D eigenvalue weighted by Gasteiger charge is 2.15. The van der Waals surface area contributed by atoms with Gasteiger partial charge < -0.3 is 4.74 Å². The second kappa shape index (κ2) is 4.39. The van der Waals surface area contributed by atoms with Crippen molar-refractivity contribution in [2.24, 2.45) is 11.1 Å². The third-order valence-corrected chi connectivity index (χ3v) is 1.55. The summed E-state index contributed by atoms with van der Waals surface area (Å²) in [5.41, 5.74) is 0. The number of ether oxygens (including phenoxy) is 1. The first-order chi connectivity index (χ1) is 5.37. The van der Waals surface area contributed by atoms with E-state index in [1.807, 2.05) is 0 Å². The van der Waals surface area contributed by atoms with E-state index >= 15 is 0 Å². The molecular weight excluding hydrogens is 186 g/mol. The number of carbonyl (C=O) groups is 1. The molecule has 0 spiro atoms. The van der Waals surface area contributed by atoms with E-state index < -0.39 is 22.2 Å². The van der Waals surface area contributed by atoms with Crippen LogP contribution in [-0.2, 0) is 24.0 Å². The van der Waals surface area contributed by atoms with Gasteiger partial charge in [-0.2, -0.15) is 8.42 Å². The Morgan fingerprint density at radius 3 is 2.42 bits per heavy atom. The van der Waals surface area contributed by atoms with Gasteiger partial charge in [-0.1, -0.05) is 0 Å². The van der Waals surface area contributed by atoms with Gasteiger partial charge in [-0.25, -0.2) is 5.14 Å². The van der Waals surface area contributed by atoms with Crippen molar-refractivity contribution in [2.45, 2.75) is 6.92 Å². The SMILES string of the molecule is COC(=O)C(C)COS(N)(=O)=O. The molecule has 0 bridgehead atoms. The lowest BCUT2D eigenvalue weighted by Gasteiger charge is -2.07. The van der Waals surface area contributed by atoms with Crippen molar-refractivity contribution in [2.75, 3.05) is 13.7 Å². The monoisotopic (exact) mass is 197 g/mol. The first-order valence-electron chi connectivity index (χ1n) is 3.12. The van der Waals surface area contributed by atoms with Crippen LogP contribution in [0.3, 0.4) is 0 Å². The quantitative estimate of drug-likeness (QED) is 0.584. The molecule has 0 aliphatic heterocycles. The molecule has 0 rings (SSSR count). The van der Waals surface area contributed by atoms with Gasteiger partial charge in [0.2, 0.25) is 0 Å². The minimum absolute atomic E-state index is 0.300. The number of hydrogen-bond acceptors (Lipinski definition) is 5. The summed E-state index contributed by atoms with van der Waals surface area (Å²) in [5.74, 6) is -1.19. The lowest BCUT2D eigenvalue weighted by molar-refractivity contribution is -0.145. The zero-order valence-corrected chi connectivity index (χ0v) is 7.63. The molecular formula is C5H11NO5S. The lowest BCUT2D eigenvalue weighted by Crippen LogP contribution is -2.24. The van der Waals surface area contributed by atoms with Crippen molar-refractivity contribution in [3.05, 3.63) is 0 Å². The summed E-state index contributed by atoms with van der Waals surface area (Å²) in [7, 11) is -2.76. The maximum absolute atomic E-state index is 10.7. The van der Waals surface area contributed by atoms with Gasteiger partial charge in [0.1, 0.15) is 0 Å². The van der Waals surface area contributed by atoms with Crippen LogP contribution in [0.25, 0.3) is 0 Å². The van der Waals surface area contributed by atoms with Crippen LogP contribution in [0, 0.1) is 5.92 Å². The third kappa shape index (κ3) is 5.05. The first kappa shape index (κ1) is 11.3. The average Bonchev–Trinajstić information content (AvgIpc) is 1.97. The molecule has 0 radical (unpaired) electrons. The van der Waals surface area contributed by atoms with Crippen LogP contribution in [0.2, 0.25) is 0 Å². The lowest BCUT2D eigenvalue weighted by atomic mass is 10.2. The molecule has 2 N–H and O–H groups in total. The predicted octanol–water partition coefficient (Wildman–Crippen LogP) is -0.984. The number of nitrogens with two attached hydrogens (primary N) is 1. The molecule has 0 saturated carbocycles. The molecule has 12 heavy (non-hydrogen) atoms. The zero-order valence-electron chi connectivity index (χ0n) is 6.81. The van der Waals surface area contributed by atoms with Gasteiger partial charge in [0.15, 0.2) is 0 Å². The van der Waals surface area contributed by atoms with Gasteiger partial charge in [-0.05, 0) is 6.92 Å². The van der Waals surface area contributed by atoms with Crippen LogP contribution in [0.4, 0.5) is 0 Å². The second-order valence-corrected chi connectivity index (χ2v) is 3.42. The fourth-order valence-corrected chi connectivity index (χ4v) is 0.860. The van der Waals surface area contributed by atoms with E-state index in [4.69, 9.17) is 0 Å². The molecule has 0 heterocycles. The normalized spacial score (nSPS) is 13.9. The summed E-state index contributed by atoms with van der Waals surface area (Å²) in [6.45, 7) is 1.17. The van der Waals surface area contributed by atoms with Gasteiger partial charge in [0.05, 0.1) is 19.6 Å². The maximum Gasteiger partial charge on any atom is 0.333 e. The van der Waals surface area contributed by atoms with Crippen molar-refractivity contribution >= 4 is 16.3 Å². The average molecular weight is 197 g/mol. The minimum atomic E-state index is -3.97. The highest BCUT2D eigenvalue weighted by Crippen LogP contribution is 1.99. The molecule has 0 aromatic carbocycles. The molecule has 6 nitrogen and oxygen atoms in total. The summed E-state index contributed by atoms with van der Waals surface area (Å²) in [6, 6.07) is 0. The molecule has 72 valence electrons. The Bertz CT molecular complexity index is 247. The summed E-state index contributed by atoms with van der Waals surface area (Å²) < 4.78 is 29.0. The van der Waals surface area contributed by atoms with Crippen LogP contribution in [0.1, 0.15) is 6.92 Å². The third-order valence-electron chi connectivity index (χ3n) is 1.09. The number of hydrogen-bond donors (Lipinski definition) is 1. The van der Waals surface area contributed by atoms with Crippen LogP contribution in [-0.4, -0.2) is 28.1 Å². The number of carbonyl (C=O) groups excluding carboxylic acids is 1. The molecule has 0 aromatic heterocycles. The van der Waals surface area contributed by atoms with Crippen molar-refractivity contribution in [3.63, 3.8) is 0 Å². The van der Waals surface area contributed by atoms with Crippen LogP contribution < -0.4 is 5.14 Å². The number of methoxy groups -OCH3 is 1. The molecule has 0 aliphatic carbocycles. The molecule has 0 amide bonds. The summed E-state index contributed by atoms with van der Waals surface area (Å²) in [4.78, 5) is 10.7. The second-order valence-electron chi connectivity index (χ2n) is 2.20. The Balaban J connectivity index is 3.88. The van der Waals surface area contributed by atoms with Crippen molar-refractivity contribution in [1.29, 1.82) is 0 Å². The highest BCUT2D eigenvalue weighted by atomic mass is 32.2. The Kier molecular flexibility index (Phi) is 4.15. The van der Waals surface area contributed by atoms with E-state index in [0.29, 0.717) is 0 Å². The van der Waals surface area contributed by atoms with Gasteiger partial charge in [0, 0.05) is 0 Å². The topological polar surface area (TPSA) is 95.7 Å². The Hall–Kier alpha value is -0.660. The molecule has 0 saturated heterocycles. The summed E-state index contributed by atoms with van der Waals surface area (Å²) in [6.07, 6.45) is 0. The molecule has 1 unspecified atom stereocenters.